The van der Waals surface area contributed by atoms with Crippen molar-refractivity contribution < 1.29 is 4.39 Å². The summed E-state index contributed by atoms with van der Waals surface area (Å²) in [6.45, 7) is 5.88. The van der Waals surface area contributed by atoms with Gasteiger partial charge in [-0.15, -0.1) is 0 Å². The second-order valence-corrected chi connectivity index (χ2v) is 4.75. The van der Waals surface area contributed by atoms with Gasteiger partial charge in [-0.2, -0.15) is 0 Å². The number of hydrogen-bond donors (Lipinski definition) is 1. The lowest BCUT2D eigenvalue weighted by molar-refractivity contribution is 0.251. The van der Waals surface area contributed by atoms with E-state index in [4.69, 9.17) is 5.73 Å². The molecule has 1 aromatic rings. The Morgan fingerprint density at radius 1 is 1.50 bits per heavy atom. The van der Waals surface area contributed by atoms with Gasteiger partial charge in [-0.1, -0.05) is 12.1 Å². The molecule has 3 heteroatoms. The number of benzene rings is 1. The molecule has 1 fully saturated rings. The zero-order chi connectivity index (χ0) is 11.7. The standard InChI is InChI=1S/C13H19FN2/c1-9-7-11(3-4-12(9)14)8-16-6-5-13(15)10(16)2/h3-4,7,10,13H,5-6,8,15H2,1-2H3. The summed E-state index contributed by atoms with van der Waals surface area (Å²) >= 11 is 0. The van der Waals surface area contributed by atoms with Gasteiger partial charge >= 0.3 is 0 Å². The summed E-state index contributed by atoms with van der Waals surface area (Å²) in [7, 11) is 0. The van der Waals surface area contributed by atoms with E-state index in [1.54, 1.807) is 13.0 Å². The Morgan fingerprint density at radius 3 is 2.81 bits per heavy atom. The van der Waals surface area contributed by atoms with E-state index in [0.29, 0.717) is 11.6 Å². The smallest absolute Gasteiger partial charge is 0.126 e. The molecule has 0 radical (unpaired) electrons. The molecule has 2 rings (SSSR count). The Morgan fingerprint density at radius 2 is 2.25 bits per heavy atom. The third-order valence-corrected chi connectivity index (χ3v) is 3.55. The second kappa shape index (κ2) is 4.52. The molecule has 2 unspecified atom stereocenters. The molecule has 1 aromatic carbocycles. The van der Waals surface area contributed by atoms with Crippen molar-refractivity contribution in [3.05, 3.63) is 35.1 Å². The molecule has 0 amide bonds. The number of rotatable bonds is 2. The van der Waals surface area contributed by atoms with Crippen molar-refractivity contribution in [3.8, 4) is 0 Å². The largest absolute Gasteiger partial charge is 0.326 e. The Balaban J connectivity index is 2.07. The Bertz CT molecular complexity index is 378. The molecule has 1 heterocycles. The number of halogens is 1. The fourth-order valence-electron chi connectivity index (χ4n) is 2.29. The maximum atomic E-state index is 13.1. The van der Waals surface area contributed by atoms with Crippen LogP contribution in [0.5, 0.6) is 0 Å². The van der Waals surface area contributed by atoms with Gasteiger partial charge in [0.1, 0.15) is 5.82 Å². The first-order chi connectivity index (χ1) is 7.58. The number of nitrogens with zero attached hydrogens (tertiary/aromatic N) is 1. The molecule has 2 atom stereocenters. The van der Waals surface area contributed by atoms with E-state index < -0.39 is 0 Å². The van der Waals surface area contributed by atoms with Gasteiger partial charge < -0.3 is 5.73 Å². The maximum absolute atomic E-state index is 13.1. The van der Waals surface area contributed by atoms with Gasteiger partial charge in [0.2, 0.25) is 0 Å². The molecule has 2 nitrogen and oxygen atoms in total. The Labute approximate surface area is 96.2 Å². The highest BCUT2D eigenvalue weighted by atomic mass is 19.1. The molecule has 0 bridgehead atoms. The van der Waals surface area contributed by atoms with Gasteiger partial charge in [0.15, 0.2) is 0 Å². The normalized spacial score (nSPS) is 26.2. The molecular formula is C13H19FN2. The highest BCUT2D eigenvalue weighted by molar-refractivity contribution is 5.24. The van der Waals surface area contributed by atoms with Crippen molar-refractivity contribution in [1.82, 2.24) is 4.90 Å². The molecular weight excluding hydrogens is 203 g/mol. The minimum Gasteiger partial charge on any atom is -0.326 e. The fraction of sp³-hybridized carbons (Fsp3) is 0.538. The third kappa shape index (κ3) is 2.25. The van der Waals surface area contributed by atoms with Crippen LogP contribution in [0.25, 0.3) is 0 Å². The highest BCUT2D eigenvalue weighted by Gasteiger charge is 2.27. The number of hydrogen-bond acceptors (Lipinski definition) is 2. The summed E-state index contributed by atoms with van der Waals surface area (Å²) in [5.74, 6) is -0.130. The van der Waals surface area contributed by atoms with Gasteiger partial charge in [-0.25, -0.2) is 4.39 Å². The molecule has 88 valence electrons. The van der Waals surface area contributed by atoms with Crippen LogP contribution in [0.2, 0.25) is 0 Å². The lowest BCUT2D eigenvalue weighted by Gasteiger charge is -2.23. The predicted molar refractivity (Wildman–Crippen MR) is 63.6 cm³/mol. The van der Waals surface area contributed by atoms with Crippen LogP contribution in [0.1, 0.15) is 24.5 Å². The molecule has 1 aliphatic rings. The SMILES string of the molecule is Cc1cc(CN2CCC(N)C2C)ccc1F. The van der Waals surface area contributed by atoms with Crippen molar-refractivity contribution in [3.63, 3.8) is 0 Å². The van der Waals surface area contributed by atoms with Gasteiger partial charge in [-0.3, -0.25) is 4.90 Å². The van der Waals surface area contributed by atoms with Crippen molar-refractivity contribution in [1.29, 1.82) is 0 Å². The van der Waals surface area contributed by atoms with E-state index in [1.165, 1.54) is 5.56 Å². The number of aryl methyl sites for hydroxylation is 1. The topological polar surface area (TPSA) is 29.3 Å². The lowest BCUT2D eigenvalue weighted by atomic mass is 10.1. The summed E-state index contributed by atoms with van der Waals surface area (Å²) in [5.41, 5.74) is 7.86. The second-order valence-electron chi connectivity index (χ2n) is 4.75. The van der Waals surface area contributed by atoms with E-state index >= 15 is 0 Å². The van der Waals surface area contributed by atoms with Gasteiger partial charge in [0.25, 0.3) is 0 Å². The van der Waals surface area contributed by atoms with Crippen LogP contribution in [0.15, 0.2) is 18.2 Å². The molecule has 1 aliphatic heterocycles. The van der Waals surface area contributed by atoms with Crippen LogP contribution in [0, 0.1) is 12.7 Å². The Kier molecular flexibility index (Phi) is 3.26. The van der Waals surface area contributed by atoms with Crippen molar-refractivity contribution in [2.45, 2.75) is 38.9 Å². The van der Waals surface area contributed by atoms with E-state index in [0.717, 1.165) is 19.5 Å². The van der Waals surface area contributed by atoms with E-state index in [9.17, 15) is 4.39 Å². The van der Waals surface area contributed by atoms with Gasteiger partial charge in [0, 0.05) is 25.2 Å². The molecule has 1 saturated heterocycles. The van der Waals surface area contributed by atoms with Crippen molar-refractivity contribution >= 4 is 0 Å². The molecule has 0 aromatic heterocycles. The quantitative estimate of drug-likeness (QED) is 0.830. The van der Waals surface area contributed by atoms with Crippen molar-refractivity contribution in [2.24, 2.45) is 5.73 Å². The molecule has 0 saturated carbocycles. The Hall–Kier alpha value is -0.930. The highest BCUT2D eigenvalue weighted by Crippen LogP contribution is 2.19. The monoisotopic (exact) mass is 222 g/mol. The minimum absolute atomic E-state index is 0.130. The average molecular weight is 222 g/mol. The first kappa shape index (κ1) is 11.6. The lowest BCUT2D eigenvalue weighted by Crippen LogP contribution is -2.36. The van der Waals surface area contributed by atoms with Crippen LogP contribution in [0.4, 0.5) is 4.39 Å². The number of nitrogens with two attached hydrogens (primary N) is 1. The minimum atomic E-state index is -0.130. The zero-order valence-corrected chi connectivity index (χ0v) is 9.91. The van der Waals surface area contributed by atoms with E-state index in [-0.39, 0.29) is 11.9 Å². The molecule has 0 aliphatic carbocycles. The zero-order valence-electron chi connectivity index (χ0n) is 9.91. The summed E-state index contributed by atoms with van der Waals surface area (Å²) < 4.78 is 13.1. The van der Waals surface area contributed by atoms with Gasteiger partial charge in [0.05, 0.1) is 0 Å². The first-order valence-corrected chi connectivity index (χ1v) is 5.82. The molecule has 16 heavy (non-hydrogen) atoms. The van der Waals surface area contributed by atoms with Crippen LogP contribution in [-0.4, -0.2) is 23.5 Å². The van der Waals surface area contributed by atoms with Crippen LogP contribution in [0.3, 0.4) is 0 Å². The predicted octanol–water partition coefficient (Wildman–Crippen LogP) is 2.06. The van der Waals surface area contributed by atoms with Crippen molar-refractivity contribution in [2.75, 3.05) is 6.54 Å². The average Bonchev–Trinajstić information content (AvgIpc) is 2.55. The maximum Gasteiger partial charge on any atom is 0.126 e. The van der Waals surface area contributed by atoms with E-state index in [2.05, 4.69) is 11.8 Å². The fourth-order valence-corrected chi connectivity index (χ4v) is 2.29. The first-order valence-electron chi connectivity index (χ1n) is 5.82. The van der Waals surface area contributed by atoms with Crippen LogP contribution >= 0.6 is 0 Å². The van der Waals surface area contributed by atoms with Crippen LogP contribution < -0.4 is 5.73 Å². The summed E-state index contributed by atoms with van der Waals surface area (Å²) in [6, 6.07) is 6.03. The van der Waals surface area contributed by atoms with E-state index in [1.807, 2.05) is 12.1 Å². The van der Waals surface area contributed by atoms with Gasteiger partial charge in [-0.05, 0) is 37.5 Å². The molecule has 0 spiro atoms. The molecule has 2 N–H and O–H groups in total. The summed E-state index contributed by atoms with van der Waals surface area (Å²) in [5, 5.41) is 0. The third-order valence-electron chi connectivity index (χ3n) is 3.55. The van der Waals surface area contributed by atoms with Crippen LogP contribution in [-0.2, 0) is 6.54 Å². The number of likely N-dealkylation sites (tertiary alicyclic amines) is 1. The summed E-state index contributed by atoms with van der Waals surface area (Å²) in [4.78, 5) is 2.36. The summed E-state index contributed by atoms with van der Waals surface area (Å²) in [6.07, 6.45) is 1.06.